The SMILES string of the molecule is O=C(C[n+]1ccc(-c2cc[nH+]cc2)cc1)c1ccccc1.[Br-].[Br-]. The summed E-state index contributed by atoms with van der Waals surface area (Å²) in [7, 11) is 0. The number of rotatable bonds is 4. The molecule has 2 heterocycles. The van der Waals surface area contributed by atoms with Gasteiger partial charge in [0.25, 0.3) is 0 Å². The Morgan fingerprint density at radius 3 is 2.00 bits per heavy atom. The van der Waals surface area contributed by atoms with Crippen molar-refractivity contribution in [3.8, 4) is 11.1 Å². The van der Waals surface area contributed by atoms with Crippen molar-refractivity contribution >= 4 is 5.78 Å². The first-order valence-electron chi connectivity index (χ1n) is 6.87. The second kappa shape index (κ2) is 9.33. The highest BCUT2D eigenvalue weighted by Gasteiger charge is 2.11. The molecule has 0 aliphatic rings. The Balaban J connectivity index is 0.00000132. The first-order chi connectivity index (χ1) is 10.3. The van der Waals surface area contributed by atoms with Crippen molar-refractivity contribution in [2.75, 3.05) is 0 Å². The van der Waals surface area contributed by atoms with Crippen LogP contribution in [0.25, 0.3) is 11.1 Å². The second-order valence-corrected chi connectivity index (χ2v) is 4.84. The summed E-state index contributed by atoms with van der Waals surface area (Å²) in [5.74, 6) is 0.114. The molecule has 5 heteroatoms. The van der Waals surface area contributed by atoms with E-state index in [1.807, 2.05) is 84.0 Å². The van der Waals surface area contributed by atoms with Gasteiger partial charge in [0.15, 0.2) is 24.8 Å². The Bertz CT molecular complexity index is 732. The standard InChI is InChI=1S/C18H15N2O.2BrH/c21-18(17-4-2-1-3-5-17)14-20-12-8-16(9-13-20)15-6-10-19-11-7-15;;/h1-13H,14H2;2*1H/q+1;;/p-1. The molecule has 1 aromatic carbocycles. The quantitative estimate of drug-likeness (QED) is 0.307. The molecule has 0 spiro atoms. The van der Waals surface area contributed by atoms with Crippen LogP contribution in [0.2, 0.25) is 0 Å². The Kier molecular flexibility index (Phi) is 7.78. The average molecular weight is 436 g/mol. The van der Waals surface area contributed by atoms with Crippen LogP contribution in [-0.2, 0) is 6.54 Å². The second-order valence-electron chi connectivity index (χ2n) is 4.84. The van der Waals surface area contributed by atoms with Crippen LogP contribution < -0.4 is 43.5 Å². The van der Waals surface area contributed by atoms with E-state index in [1.165, 1.54) is 0 Å². The van der Waals surface area contributed by atoms with Gasteiger partial charge in [-0.25, -0.2) is 4.98 Å². The van der Waals surface area contributed by atoms with Gasteiger partial charge in [-0.3, -0.25) is 4.79 Å². The van der Waals surface area contributed by atoms with Crippen molar-refractivity contribution in [3.63, 3.8) is 0 Å². The summed E-state index contributed by atoms with van der Waals surface area (Å²) in [6.07, 6.45) is 7.67. The lowest BCUT2D eigenvalue weighted by Gasteiger charge is -2.00. The minimum atomic E-state index is 0. The summed E-state index contributed by atoms with van der Waals surface area (Å²) in [4.78, 5) is 15.2. The Labute approximate surface area is 156 Å². The van der Waals surface area contributed by atoms with E-state index < -0.39 is 0 Å². The van der Waals surface area contributed by atoms with Gasteiger partial charge in [0.1, 0.15) is 0 Å². The topological polar surface area (TPSA) is 35.1 Å². The van der Waals surface area contributed by atoms with E-state index >= 15 is 0 Å². The molecule has 0 saturated heterocycles. The molecular weight excluding hydrogens is 420 g/mol. The Morgan fingerprint density at radius 2 is 1.39 bits per heavy atom. The molecule has 0 atom stereocenters. The van der Waals surface area contributed by atoms with Crippen LogP contribution in [0.1, 0.15) is 10.4 Å². The van der Waals surface area contributed by atoms with Gasteiger partial charge in [-0.1, -0.05) is 30.3 Å². The summed E-state index contributed by atoms with van der Waals surface area (Å²) >= 11 is 0. The van der Waals surface area contributed by atoms with Crippen molar-refractivity contribution in [1.82, 2.24) is 0 Å². The molecule has 0 radical (unpaired) electrons. The number of nitrogens with zero attached hydrogens (tertiary/aromatic N) is 1. The molecule has 3 rings (SSSR count). The smallest absolute Gasteiger partial charge is 0.227 e. The molecule has 2 aromatic heterocycles. The fourth-order valence-electron chi connectivity index (χ4n) is 2.22. The molecule has 0 saturated carbocycles. The van der Waals surface area contributed by atoms with Gasteiger partial charge in [-0.15, -0.1) is 0 Å². The predicted octanol–water partition coefficient (Wildman–Crippen LogP) is -3.65. The van der Waals surface area contributed by atoms with Crippen LogP contribution >= 0.6 is 0 Å². The number of nitrogens with one attached hydrogen (secondary N) is 1. The zero-order valence-corrected chi connectivity index (χ0v) is 15.5. The third-order valence-electron chi connectivity index (χ3n) is 3.36. The third-order valence-corrected chi connectivity index (χ3v) is 3.36. The molecule has 0 fully saturated rings. The van der Waals surface area contributed by atoms with Gasteiger partial charge in [-0.05, 0) is 11.1 Å². The van der Waals surface area contributed by atoms with Gasteiger partial charge >= 0.3 is 0 Å². The molecule has 0 unspecified atom stereocenters. The third kappa shape index (κ3) is 5.08. The van der Waals surface area contributed by atoms with Gasteiger partial charge in [0, 0.05) is 29.8 Å². The Hall–Kier alpha value is -1.85. The first-order valence-corrected chi connectivity index (χ1v) is 6.87. The molecule has 0 amide bonds. The molecule has 1 N–H and O–H groups in total. The molecule has 118 valence electrons. The maximum Gasteiger partial charge on any atom is 0.227 e. The number of Topliss-reactive ketones (excluding diaryl/α,β-unsaturated/α-hetero) is 1. The number of hydrogen-bond acceptors (Lipinski definition) is 1. The molecule has 0 bridgehead atoms. The molecule has 23 heavy (non-hydrogen) atoms. The van der Waals surface area contributed by atoms with Gasteiger partial charge in [0.2, 0.25) is 12.3 Å². The monoisotopic (exact) mass is 434 g/mol. The number of benzene rings is 1. The number of pyridine rings is 2. The van der Waals surface area contributed by atoms with E-state index in [2.05, 4.69) is 4.98 Å². The minimum absolute atomic E-state index is 0. The van der Waals surface area contributed by atoms with Crippen molar-refractivity contribution in [2.24, 2.45) is 0 Å². The van der Waals surface area contributed by atoms with Crippen molar-refractivity contribution in [2.45, 2.75) is 6.54 Å². The van der Waals surface area contributed by atoms with Crippen molar-refractivity contribution < 1.29 is 48.3 Å². The van der Waals surface area contributed by atoms with E-state index in [9.17, 15) is 4.79 Å². The van der Waals surface area contributed by atoms with Crippen LogP contribution in [0.5, 0.6) is 0 Å². The summed E-state index contributed by atoms with van der Waals surface area (Å²) in [6, 6.07) is 17.5. The molecule has 3 aromatic rings. The van der Waals surface area contributed by atoms with Gasteiger partial charge in [-0.2, -0.15) is 4.57 Å². The average Bonchev–Trinajstić information content (AvgIpc) is 2.57. The summed E-state index contributed by atoms with van der Waals surface area (Å²) in [6.45, 7) is 0.354. The van der Waals surface area contributed by atoms with E-state index in [4.69, 9.17) is 0 Å². The maximum atomic E-state index is 12.1. The van der Waals surface area contributed by atoms with Crippen LogP contribution in [0.3, 0.4) is 0 Å². The molecule has 0 aliphatic heterocycles. The van der Waals surface area contributed by atoms with Crippen molar-refractivity contribution in [3.05, 3.63) is 84.9 Å². The fourth-order valence-corrected chi connectivity index (χ4v) is 2.22. The number of halogens is 2. The number of ketones is 1. The lowest BCUT2D eigenvalue weighted by atomic mass is 10.1. The maximum absolute atomic E-state index is 12.1. The molecular formula is C18H16Br2N2O. The zero-order valence-electron chi connectivity index (χ0n) is 12.3. The lowest BCUT2D eigenvalue weighted by Crippen LogP contribution is -3.00. The number of carbonyl (C=O) groups is 1. The Morgan fingerprint density at radius 1 is 0.826 bits per heavy atom. The summed E-state index contributed by atoms with van der Waals surface area (Å²) in [5.41, 5.74) is 3.02. The van der Waals surface area contributed by atoms with Crippen LogP contribution in [0, 0.1) is 0 Å². The molecule has 3 nitrogen and oxygen atoms in total. The first kappa shape index (κ1) is 19.2. The summed E-state index contributed by atoms with van der Waals surface area (Å²) < 4.78 is 1.90. The highest BCUT2D eigenvalue weighted by atomic mass is 79.9. The van der Waals surface area contributed by atoms with Gasteiger partial charge in [0.05, 0.1) is 0 Å². The largest absolute Gasteiger partial charge is 1.00 e. The van der Waals surface area contributed by atoms with Crippen LogP contribution in [-0.4, -0.2) is 5.78 Å². The number of aromatic amines is 1. The zero-order chi connectivity index (χ0) is 14.5. The highest BCUT2D eigenvalue weighted by molar-refractivity contribution is 5.94. The number of aromatic nitrogens is 2. The predicted molar refractivity (Wildman–Crippen MR) is 79.4 cm³/mol. The normalized spacial score (nSPS) is 9.39. The van der Waals surface area contributed by atoms with E-state index in [0.29, 0.717) is 6.54 Å². The lowest BCUT2D eigenvalue weighted by molar-refractivity contribution is -0.683. The van der Waals surface area contributed by atoms with E-state index in [0.717, 1.165) is 16.7 Å². The fraction of sp³-hybridized carbons (Fsp3) is 0.0556. The number of hydrogen-bond donors (Lipinski definition) is 0. The number of H-pyrrole nitrogens is 1. The van der Waals surface area contributed by atoms with Crippen LogP contribution in [0.4, 0.5) is 0 Å². The minimum Gasteiger partial charge on any atom is -1.00 e. The van der Waals surface area contributed by atoms with Gasteiger partial charge < -0.3 is 34.0 Å². The summed E-state index contributed by atoms with van der Waals surface area (Å²) in [5, 5.41) is 0. The van der Waals surface area contributed by atoms with Crippen LogP contribution in [0.15, 0.2) is 79.4 Å². The van der Waals surface area contributed by atoms with E-state index in [-0.39, 0.29) is 39.7 Å². The van der Waals surface area contributed by atoms with E-state index in [1.54, 1.807) is 0 Å². The number of carbonyl (C=O) groups excluding carboxylic acids is 1. The molecule has 0 aliphatic carbocycles. The van der Waals surface area contributed by atoms with Crippen molar-refractivity contribution in [1.29, 1.82) is 0 Å². The highest BCUT2D eigenvalue weighted by Crippen LogP contribution is 2.15.